The molecule has 0 N–H and O–H groups in total. The second-order valence-corrected chi connectivity index (χ2v) is 4.35. The Morgan fingerprint density at radius 3 is 1.10 bits per heavy atom. The molecule has 10 heavy (non-hydrogen) atoms. The molecule has 0 saturated carbocycles. The van der Waals surface area contributed by atoms with Crippen LogP contribution in [-0.2, 0) is 0 Å². The first kappa shape index (κ1) is 13.5. The van der Waals surface area contributed by atoms with E-state index in [-0.39, 0.29) is 0 Å². The van der Waals surface area contributed by atoms with Crippen LogP contribution in [0.25, 0.3) is 0 Å². The number of rotatable bonds is 3. The molecule has 0 atom stereocenters. The van der Waals surface area contributed by atoms with Crippen molar-refractivity contribution < 1.29 is 0 Å². The van der Waals surface area contributed by atoms with Crippen molar-refractivity contribution in [3.05, 3.63) is 0 Å². The molecule has 0 heterocycles. The Bertz CT molecular complexity index is 41.4. The van der Waals surface area contributed by atoms with Crippen LogP contribution in [0.2, 0.25) is 0 Å². The van der Waals surface area contributed by atoms with Crippen LogP contribution in [-0.4, -0.2) is 28.8 Å². The fourth-order valence-corrected chi connectivity index (χ4v) is 0.671. The smallest absolute Gasteiger partial charge is 0.0588 e. The third-order valence-corrected chi connectivity index (χ3v) is 1.34. The van der Waals surface area contributed by atoms with E-state index >= 15 is 0 Å². The maximum Gasteiger partial charge on any atom is 0.0588 e. The van der Waals surface area contributed by atoms with Crippen LogP contribution in [0, 0.1) is 0 Å². The summed E-state index contributed by atoms with van der Waals surface area (Å²) in [4.78, 5) is 2.38. The maximum atomic E-state index is 3.06. The number of hydrogen-bond acceptors (Lipinski definition) is 1. The molecule has 0 fully saturated rings. The average Bonchev–Trinajstić information content (AvgIpc) is 1.93. The van der Waals surface area contributed by atoms with E-state index < -0.39 is 0 Å². The second-order valence-electron chi connectivity index (χ2n) is 1.72. The van der Waals surface area contributed by atoms with Crippen LogP contribution in [0.5, 0.6) is 0 Å². The zero-order valence-electron chi connectivity index (χ0n) is 7.03. The lowest BCUT2D eigenvalue weighted by atomic mass is 10.5. The fourth-order valence-electron chi connectivity index (χ4n) is 0.671. The monoisotopic (exact) mass is 273 g/mol. The third-order valence-electron chi connectivity index (χ3n) is 1.34. The van der Waals surface area contributed by atoms with Crippen LogP contribution < -0.4 is 0 Å². The molecule has 3 heteroatoms. The standard InChI is InChI=1S/C6H15N.CH2Br2/c1-4-7(5-2)6-3;2-1-3/h4-6H2,1-3H3;1H2. The molecule has 0 rings (SSSR count). The summed E-state index contributed by atoms with van der Waals surface area (Å²) < 4.78 is 0.875. The SMILES string of the molecule is BrCBr.CCN(CC)CC. The molecular formula is C7H17Br2N. The van der Waals surface area contributed by atoms with Crippen molar-refractivity contribution in [2.24, 2.45) is 0 Å². The van der Waals surface area contributed by atoms with Crippen LogP contribution in [0.4, 0.5) is 0 Å². The maximum absolute atomic E-state index is 3.06. The summed E-state index contributed by atoms with van der Waals surface area (Å²) in [6.07, 6.45) is 0. The van der Waals surface area contributed by atoms with Crippen molar-refractivity contribution in [3.63, 3.8) is 0 Å². The van der Waals surface area contributed by atoms with Crippen molar-refractivity contribution in [2.75, 3.05) is 23.9 Å². The minimum absolute atomic E-state index is 0.875. The van der Waals surface area contributed by atoms with E-state index in [4.69, 9.17) is 0 Å². The van der Waals surface area contributed by atoms with E-state index in [0.717, 1.165) is 4.24 Å². The van der Waals surface area contributed by atoms with Crippen molar-refractivity contribution in [2.45, 2.75) is 20.8 Å². The molecule has 0 aliphatic heterocycles. The van der Waals surface area contributed by atoms with Crippen molar-refractivity contribution >= 4 is 31.9 Å². The Kier molecular flexibility index (Phi) is 17.0. The van der Waals surface area contributed by atoms with Gasteiger partial charge in [0.2, 0.25) is 0 Å². The third kappa shape index (κ3) is 11.7. The van der Waals surface area contributed by atoms with Gasteiger partial charge in [-0.2, -0.15) is 0 Å². The predicted molar refractivity (Wildman–Crippen MR) is 56.2 cm³/mol. The molecule has 0 aromatic heterocycles. The highest BCUT2D eigenvalue weighted by atomic mass is 79.9. The lowest BCUT2D eigenvalue weighted by Gasteiger charge is -2.13. The normalized spacial score (nSPS) is 9.00. The van der Waals surface area contributed by atoms with E-state index in [1.165, 1.54) is 19.6 Å². The number of alkyl halides is 2. The van der Waals surface area contributed by atoms with Crippen molar-refractivity contribution in [3.8, 4) is 0 Å². The summed E-state index contributed by atoms with van der Waals surface area (Å²) in [6, 6.07) is 0. The molecule has 1 nitrogen and oxygen atoms in total. The Morgan fingerprint density at radius 1 is 0.900 bits per heavy atom. The zero-order valence-corrected chi connectivity index (χ0v) is 10.2. The highest BCUT2D eigenvalue weighted by molar-refractivity contribution is 9.24. The number of nitrogens with zero attached hydrogens (tertiary/aromatic N) is 1. The molecule has 0 unspecified atom stereocenters. The molecule has 0 saturated heterocycles. The minimum atomic E-state index is 0.875. The largest absolute Gasteiger partial charge is 0.304 e. The van der Waals surface area contributed by atoms with E-state index in [9.17, 15) is 0 Å². The van der Waals surface area contributed by atoms with Crippen LogP contribution in [0.15, 0.2) is 0 Å². The molecule has 64 valence electrons. The molecule has 0 spiro atoms. The highest BCUT2D eigenvalue weighted by Crippen LogP contribution is 1.83. The molecule has 0 aliphatic carbocycles. The van der Waals surface area contributed by atoms with Gasteiger partial charge in [-0.3, -0.25) is 0 Å². The molecule has 0 aromatic carbocycles. The van der Waals surface area contributed by atoms with Gasteiger partial charge in [0.1, 0.15) is 0 Å². The molecule has 0 aromatic rings. The van der Waals surface area contributed by atoms with Gasteiger partial charge >= 0.3 is 0 Å². The van der Waals surface area contributed by atoms with E-state index in [2.05, 4.69) is 57.5 Å². The Labute approximate surface area is 81.4 Å². The molecule has 0 radical (unpaired) electrons. The van der Waals surface area contributed by atoms with Gasteiger partial charge < -0.3 is 4.90 Å². The quantitative estimate of drug-likeness (QED) is 0.715. The summed E-state index contributed by atoms with van der Waals surface area (Å²) in [5, 5.41) is 0. The summed E-state index contributed by atoms with van der Waals surface area (Å²) in [5.41, 5.74) is 0. The van der Waals surface area contributed by atoms with E-state index in [1.54, 1.807) is 0 Å². The summed E-state index contributed by atoms with van der Waals surface area (Å²) >= 11 is 6.12. The lowest BCUT2D eigenvalue weighted by Crippen LogP contribution is -2.21. The van der Waals surface area contributed by atoms with E-state index in [1.807, 2.05) is 0 Å². The first-order chi connectivity index (χ1) is 4.76. The van der Waals surface area contributed by atoms with Gasteiger partial charge in [0.25, 0.3) is 0 Å². The fraction of sp³-hybridized carbons (Fsp3) is 1.00. The predicted octanol–water partition coefficient (Wildman–Crippen LogP) is 3.08. The van der Waals surface area contributed by atoms with Gasteiger partial charge in [-0.25, -0.2) is 0 Å². The topological polar surface area (TPSA) is 3.24 Å². The van der Waals surface area contributed by atoms with Gasteiger partial charge in [-0.05, 0) is 19.6 Å². The first-order valence-electron chi connectivity index (χ1n) is 3.60. The minimum Gasteiger partial charge on any atom is -0.304 e. The molecule has 0 bridgehead atoms. The zero-order chi connectivity index (χ0) is 8.41. The van der Waals surface area contributed by atoms with Crippen LogP contribution >= 0.6 is 31.9 Å². The Balaban J connectivity index is 0. The van der Waals surface area contributed by atoms with Gasteiger partial charge in [0.15, 0.2) is 0 Å². The van der Waals surface area contributed by atoms with Gasteiger partial charge in [-0.15, -0.1) is 0 Å². The highest BCUT2D eigenvalue weighted by Gasteiger charge is 1.89. The number of hydrogen-bond donors (Lipinski definition) is 0. The summed E-state index contributed by atoms with van der Waals surface area (Å²) in [5.74, 6) is 0. The van der Waals surface area contributed by atoms with Gasteiger partial charge in [0, 0.05) is 0 Å². The van der Waals surface area contributed by atoms with Gasteiger partial charge in [-0.1, -0.05) is 52.6 Å². The van der Waals surface area contributed by atoms with Crippen LogP contribution in [0.3, 0.4) is 0 Å². The van der Waals surface area contributed by atoms with E-state index in [0.29, 0.717) is 0 Å². The van der Waals surface area contributed by atoms with Gasteiger partial charge in [0.05, 0.1) is 4.24 Å². The van der Waals surface area contributed by atoms with Crippen molar-refractivity contribution in [1.82, 2.24) is 4.90 Å². The Hall–Kier alpha value is 0.920. The summed E-state index contributed by atoms with van der Waals surface area (Å²) in [6.45, 7) is 10.1. The molecular weight excluding hydrogens is 258 g/mol. The molecule has 0 aliphatic rings. The summed E-state index contributed by atoms with van der Waals surface area (Å²) in [7, 11) is 0. The first-order valence-corrected chi connectivity index (χ1v) is 5.85. The molecule has 0 amide bonds. The van der Waals surface area contributed by atoms with Crippen molar-refractivity contribution in [1.29, 1.82) is 0 Å². The number of halogens is 2. The lowest BCUT2D eigenvalue weighted by molar-refractivity contribution is 0.321. The Morgan fingerprint density at radius 2 is 1.10 bits per heavy atom. The average molecular weight is 275 g/mol. The second kappa shape index (κ2) is 12.6. The van der Waals surface area contributed by atoms with Crippen LogP contribution in [0.1, 0.15) is 20.8 Å².